The number of nitrogens with zero attached hydrogens (tertiary/aromatic N) is 2. The zero-order valence-corrected chi connectivity index (χ0v) is 12.1. The average molecular weight is 285 g/mol. The molecule has 0 atom stereocenters. The fourth-order valence-corrected chi connectivity index (χ4v) is 1.61. The number of likely N-dealkylation sites (N-methyl/N-ethyl adjacent to an activating group) is 1. The molecule has 0 aliphatic rings. The number of nitro benzene ring substituents is 1. The summed E-state index contributed by atoms with van der Waals surface area (Å²) < 4.78 is 18.7. The molecule has 1 N–H and O–H groups in total. The van der Waals surface area contributed by atoms with E-state index in [0.29, 0.717) is 12.6 Å². The molecule has 1 aromatic rings. The maximum atomic E-state index is 13.8. The second-order valence-electron chi connectivity index (χ2n) is 4.76. The van der Waals surface area contributed by atoms with Gasteiger partial charge in [-0.05, 0) is 20.9 Å². The summed E-state index contributed by atoms with van der Waals surface area (Å²) in [5.41, 5.74) is -0.181. The van der Waals surface area contributed by atoms with Gasteiger partial charge in [0.05, 0.1) is 23.8 Å². The van der Waals surface area contributed by atoms with Crippen molar-refractivity contribution in [1.82, 2.24) is 4.90 Å². The van der Waals surface area contributed by atoms with E-state index >= 15 is 0 Å². The Labute approximate surface area is 117 Å². The zero-order valence-electron chi connectivity index (χ0n) is 12.1. The van der Waals surface area contributed by atoms with Crippen LogP contribution >= 0.6 is 0 Å². The standard InChI is InChI=1S/C13H20FN3O3/c1-9(2)16(3)6-5-15-11-8-13(20-4)12(17(18)19)7-10(11)14/h7-9,15H,5-6H2,1-4H3. The molecule has 0 aliphatic heterocycles. The first kappa shape index (κ1) is 16.2. The molecule has 0 aromatic heterocycles. The highest BCUT2D eigenvalue weighted by Crippen LogP contribution is 2.32. The Balaban J connectivity index is 2.78. The van der Waals surface area contributed by atoms with E-state index in [4.69, 9.17) is 4.74 Å². The van der Waals surface area contributed by atoms with Crippen molar-refractivity contribution in [1.29, 1.82) is 0 Å². The maximum Gasteiger partial charge on any atom is 0.313 e. The Bertz CT molecular complexity index is 480. The zero-order chi connectivity index (χ0) is 15.3. The number of benzene rings is 1. The Morgan fingerprint density at radius 3 is 2.65 bits per heavy atom. The molecule has 0 spiro atoms. The quantitative estimate of drug-likeness (QED) is 0.616. The SMILES string of the molecule is COc1cc(NCCN(C)C(C)C)c(F)cc1[N+](=O)[O-]. The second-order valence-corrected chi connectivity index (χ2v) is 4.76. The minimum atomic E-state index is -0.668. The van der Waals surface area contributed by atoms with Crippen LogP contribution < -0.4 is 10.1 Å². The number of ether oxygens (including phenoxy) is 1. The van der Waals surface area contributed by atoms with Gasteiger partial charge in [-0.25, -0.2) is 4.39 Å². The molecule has 0 saturated carbocycles. The van der Waals surface area contributed by atoms with Crippen molar-refractivity contribution < 1.29 is 14.1 Å². The molecule has 0 heterocycles. The maximum absolute atomic E-state index is 13.8. The van der Waals surface area contributed by atoms with Crippen molar-refractivity contribution in [2.24, 2.45) is 0 Å². The number of methoxy groups -OCH3 is 1. The molecule has 1 aromatic carbocycles. The summed E-state index contributed by atoms with van der Waals surface area (Å²) in [6.07, 6.45) is 0. The topological polar surface area (TPSA) is 67.6 Å². The van der Waals surface area contributed by atoms with Gasteiger partial charge < -0.3 is 15.0 Å². The predicted molar refractivity (Wildman–Crippen MR) is 75.9 cm³/mol. The molecular weight excluding hydrogens is 265 g/mol. The lowest BCUT2D eigenvalue weighted by Crippen LogP contribution is -2.31. The largest absolute Gasteiger partial charge is 0.490 e. The van der Waals surface area contributed by atoms with Crippen LogP contribution in [0.3, 0.4) is 0 Å². The van der Waals surface area contributed by atoms with Crippen LogP contribution in [0.4, 0.5) is 15.8 Å². The van der Waals surface area contributed by atoms with Gasteiger partial charge in [0.15, 0.2) is 11.6 Å². The Morgan fingerprint density at radius 2 is 2.15 bits per heavy atom. The highest BCUT2D eigenvalue weighted by Gasteiger charge is 2.19. The summed E-state index contributed by atoms with van der Waals surface area (Å²) in [5, 5.41) is 13.7. The highest BCUT2D eigenvalue weighted by molar-refractivity contribution is 5.59. The fourth-order valence-electron chi connectivity index (χ4n) is 1.61. The third-order valence-corrected chi connectivity index (χ3v) is 3.13. The summed E-state index contributed by atoms with van der Waals surface area (Å²) in [5.74, 6) is -0.624. The lowest BCUT2D eigenvalue weighted by atomic mass is 10.2. The van der Waals surface area contributed by atoms with Crippen LogP contribution in [0, 0.1) is 15.9 Å². The number of nitro groups is 1. The van der Waals surface area contributed by atoms with Gasteiger partial charge in [-0.3, -0.25) is 10.1 Å². The van der Waals surface area contributed by atoms with E-state index in [-0.39, 0.29) is 17.1 Å². The second kappa shape index (κ2) is 7.04. The lowest BCUT2D eigenvalue weighted by Gasteiger charge is -2.21. The van der Waals surface area contributed by atoms with Gasteiger partial charge in [-0.2, -0.15) is 0 Å². The minimum absolute atomic E-state index is 0.0381. The monoisotopic (exact) mass is 285 g/mol. The predicted octanol–water partition coefficient (Wildman–Crippen LogP) is 2.49. The highest BCUT2D eigenvalue weighted by atomic mass is 19.1. The van der Waals surface area contributed by atoms with Gasteiger partial charge in [0.25, 0.3) is 0 Å². The molecule has 7 heteroatoms. The van der Waals surface area contributed by atoms with Crippen LogP contribution in [0.2, 0.25) is 0 Å². The molecule has 0 amide bonds. The van der Waals surface area contributed by atoms with Crippen LogP contribution in [0.1, 0.15) is 13.8 Å². The summed E-state index contributed by atoms with van der Waals surface area (Å²) in [6, 6.07) is 2.57. The number of nitrogens with one attached hydrogen (secondary N) is 1. The van der Waals surface area contributed by atoms with E-state index in [1.165, 1.54) is 13.2 Å². The van der Waals surface area contributed by atoms with Crippen LogP contribution in [0.25, 0.3) is 0 Å². The van der Waals surface area contributed by atoms with Crippen LogP contribution in [-0.4, -0.2) is 43.1 Å². The third-order valence-electron chi connectivity index (χ3n) is 3.13. The molecule has 0 saturated heterocycles. The van der Waals surface area contributed by atoms with E-state index in [9.17, 15) is 14.5 Å². The minimum Gasteiger partial charge on any atom is -0.490 e. The van der Waals surface area contributed by atoms with E-state index in [1.807, 2.05) is 7.05 Å². The van der Waals surface area contributed by atoms with Crippen molar-refractivity contribution in [3.05, 3.63) is 28.1 Å². The molecule has 0 fully saturated rings. The molecule has 112 valence electrons. The molecule has 0 unspecified atom stereocenters. The van der Waals surface area contributed by atoms with Gasteiger partial charge in [0.1, 0.15) is 0 Å². The van der Waals surface area contributed by atoms with Crippen LogP contribution in [-0.2, 0) is 0 Å². The Morgan fingerprint density at radius 1 is 1.50 bits per heavy atom. The molecule has 0 radical (unpaired) electrons. The average Bonchev–Trinajstić information content (AvgIpc) is 2.39. The third kappa shape index (κ3) is 4.06. The molecular formula is C13H20FN3O3. The first-order valence-corrected chi connectivity index (χ1v) is 6.32. The van der Waals surface area contributed by atoms with E-state index in [1.54, 1.807) is 0 Å². The summed E-state index contributed by atoms with van der Waals surface area (Å²) in [7, 11) is 3.29. The number of rotatable bonds is 7. The summed E-state index contributed by atoms with van der Waals surface area (Å²) >= 11 is 0. The van der Waals surface area contributed by atoms with Crippen molar-refractivity contribution in [2.45, 2.75) is 19.9 Å². The normalized spacial score (nSPS) is 10.9. The molecule has 6 nitrogen and oxygen atoms in total. The summed E-state index contributed by atoms with van der Waals surface area (Å²) in [4.78, 5) is 12.2. The Kier molecular flexibility index (Phi) is 5.69. The van der Waals surface area contributed by atoms with E-state index in [2.05, 4.69) is 24.1 Å². The van der Waals surface area contributed by atoms with Crippen LogP contribution in [0.15, 0.2) is 12.1 Å². The number of hydrogen-bond donors (Lipinski definition) is 1. The van der Waals surface area contributed by atoms with E-state index in [0.717, 1.165) is 12.6 Å². The number of anilines is 1. The Hall–Kier alpha value is -1.89. The first-order chi connectivity index (χ1) is 9.36. The van der Waals surface area contributed by atoms with Crippen molar-refractivity contribution in [2.75, 3.05) is 32.6 Å². The molecule has 20 heavy (non-hydrogen) atoms. The van der Waals surface area contributed by atoms with Gasteiger partial charge in [0, 0.05) is 25.2 Å². The van der Waals surface area contributed by atoms with Crippen molar-refractivity contribution in [3.63, 3.8) is 0 Å². The van der Waals surface area contributed by atoms with Gasteiger partial charge >= 0.3 is 5.69 Å². The molecule has 1 rings (SSSR count). The smallest absolute Gasteiger partial charge is 0.313 e. The van der Waals surface area contributed by atoms with Gasteiger partial charge in [-0.1, -0.05) is 0 Å². The van der Waals surface area contributed by atoms with Gasteiger partial charge in [0.2, 0.25) is 0 Å². The number of hydrogen-bond acceptors (Lipinski definition) is 5. The summed E-state index contributed by atoms with van der Waals surface area (Å²) in [6.45, 7) is 5.40. The van der Waals surface area contributed by atoms with Gasteiger partial charge in [-0.15, -0.1) is 0 Å². The molecule has 0 aliphatic carbocycles. The van der Waals surface area contributed by atoms with Crippen molar-refractivity contribution in [3.8, 4) is 5.75 Å². The number of halogens is 1. The van der Waals surface area contributed by atoms with Crippen molar-refractivity contribution >= 4 is 11.4 Å². The molecule has 0 bridgehead atoms. The van der Waals surface area contributed by atoms with E-state index < -0.39 is 10.7 Å². The lowest BCUT2D eigenvalue weighted by molar-refractivity contribution is -0.385. The fraction of sp³-hybridized carbons (Fsp3) is 0.538. The first-order valence-electron chi connectivity index (χ1n) is 6.32. The van der Waals surface area contributed by atoms with Crippen LogP contribution in [0.5, 0.6) is 5.75 Å².